The lowest BCUT2D eigenvalue weighted by atomic mass is 9.85. The van der Waals surface area contributed by atoms with Crippen molar-refractivity contribution in [2.24, 2.45) is 0 Å². The number of aromatic nitrogens is 3. The second-order valence-corrected chi connectivity index (χ2v) is 8.75. The van der Waals surface area contributed by atoms with Gasteiger partial charge in [-0.2, -0.15) is 9.78 Å². The second kappa shape index (κ2) is 7.23. The molecule has 0 unspecified atom stereocenters. The van der Waals surface area contributed by atoms with Gasteiger partial charge in [-0.05, 0) is 49.7 Å². The van der Waals surface area contributed by atoms with Crippen molar-refractivity contribution in [3.8, 4) is 22.4 Å². The number of fused-ring (bicyclic) bond motifs is 3. The van der Waals surface area contributed by atoms with Crippen LogP contribution in [0.15, 0.2) is 36.4 Å². The number of amides is 1. The Hall–Kier alpha value is -3.59. The van der Waals surface area contributed by atoms with Crippen molar-refractivity contribution in [3.63, 3.8) is 0 Å². The minimum Gasteiger partial charge on any atom is -0.494 e. The third-order valence-electron chi connectivity index (χ3n) is 5.74. The van der Waals surface area contributed by atoms with Gasteiger partial charge >= 0.3 is 0 Å². The average Bonchev–Trinajstić information content (AvgIpc) is 3.49. The Kier molecular flexibility index (Phi) is 4.32. The molecule has 2 aromatic carbocycles. The van der Waals surface area contributed by atoms with Gasteiger partial charge in [-0.25, -0.2) is 4.98 Å². The third-order valence-corrected chi connectivity index (χ3v) is 6.74. The highest BCUT2D eigenvalue weighted by atomic mass is 32.1. The van der Waals surface area contributed by atoms with Crippen LogP contribution in [-0.2, 0) is 4.79 Å². The van der Waals surface area contributed by atoms with Gasteiger partial charge < -0.3 is 19.5 Å². The maximum absolute atomic E-state index is 12.7. The molecule has 2 aliphatic heterocycles. The topological polar surface area (TPSA) is 87.5 Å². The molecule has 0 aliphatic carbocycles. The minimum absolute atomic E-state index is 0.0546. The average molecular weight is 449 g/mol. The van der Waals surface area contributed by atoms with E-state index >= 15 is 0 Å². The van der Waals surface area contributed by atoms with E-state index in [1.807, 2.05) is 50.2 Å². The molecule has 9 heteroatoms. The molecule has 0 bridgehead atoms. The number of nitrogens with one attached hydrogen (secondary N) is 1. The molecule has 6 rings (SSSR count). The molecule has 162 valence electrons. The van der Waals surface area contributed by atoms with Gasteiger partial charge in [0.2, 0.25) is 17.8 Å². The van der Waals surface area contributed by atoms with E-state index < -0.39 is 0 Å². The van der Waals surface area contributed by atoms with E-state index in [-0.39, 0.29) is 18.6 Å². The molecule has 1 amide bonds. The number of carbonyl (C=O) groups excluding carboxylic acids is 1. The Morgan fingerprint density at radius 3 is 2.97 bits per heavy atom. The van der Waals surface area contributed by atoms with Crippen LogP contribution in [0.5, 0.6) is 17.2 Å². The van der Waals surface area contributed by atoms with Crippen LogP contribution in [0.2, 0.25) is 0 Å². The van der Waals surface area contributed by atoms with E-state index in [0.717, 1.165) is 38.5 Å². The molecule has 8 nitrogen and oxygen atoms in total. The smallest absolute Gasteiger partial charge is 0.231 e. The predicted octanol–water partition coefficient (Wildman–Crippen LogP) is 4.39. The van der Waals surface area contributed by atoms with Gasteiger partial charge in [0, 0.05) is 17.9 Å². The summed E-state index contributed by atoms with van der Waals surface area (Å²) in [5.41, 5.74) is 3.72. The predicted molar refractivity (Wildman–Crippen MR) is 120 cm³/mol. The summed E-state index contributed by atoms with van der Waals surface area (Å²) in [7, 11) is 0. The number of anilines is 1. The number of hydrogen-bond acceptors (Lipinski definition) is 7. The number of thiazole rings is 1. The van der Waals surface area contributed by atoms with Crippen LogP contribution in [-0.4, -0.2) is 34.1 Å². The largest absolute Gasteiger partial charge is 0.494 e. The van der Waals surface area contributed by atoms with Gasteiger partial charge in [-0.3, -0.25) is 4.79 Å². The summed E-state index contributed by atoms with van der Waals surface area (Å²) in [5.74, 6) is 2.73. The highest BCUT2D eigenvalue weighted by Crippen LogP contribution is 2.44. The van der Waals surface area contributed by atoms with Crippen molar-refractivity contribution in [1.82, 2.24) is 14.8 Å². The van der Waals surface area contributed by atoms with Crippen LogP contribution in [0.1, 0.15) is 36.1 Å². The summed E-state index contributed by atoms with van der Waals surface area (Å²) >= 11 is 1.51. The lowest BCUT2D eigenvalue weighted by Crippen LogP contribution is -2.24. The molecular formula is C23H20N4O4S. The van der Waals surface area contributed by atoms with E-state index in [4.69, 9.17) is 24.3 Å². The SMILES string of the molecule is CCOc1ccc2nc(-n3nc(C)c4c3NC(=O)C[C@@H]4c3ccc4c(c3)OCO4)sc2c1. The van der Waals surface area contributed by atoms with E-state index in [1.165, 1.54) is 11.3 Å². The quantitative estimate of drug-likeness (QED) is 0.498. The Morgan fingerprint density at radius 2 is 2.09 bits per heavy atom. The van der Waals surface area contributed by atoms with Crippen molar-refractivity contribution in [2.45, 2.75) is 26.2 Å². The standard InChI is InChI=1S/C23H20N4O4S/c1-3-29-14-5-6-16-19(9-14)32-23(24-16)27-22-21(12(2)26-27)15(10-20(28)25-22)13-4-7-17-18(8-13)31-11-30-17/h4-9,15H,3,10-11H2,1-2H3,(H,25,28)/t15-/m1/s1. The van der Waals surface area contributed by atoms with Crippen LogP contribution >= 0.6 is 11.3 Å². The summed E-state index contributed by atoms with van der Waals surface area (Å²) in [4.78, 5) is 17.4. The molecule has 0 spiro atoms. The third kappa shape index (κ3) is 3.00. The highest BCUT2D eigenvalue weighted by molar-refractivity contribution is 7.20. The van der Waals surface area contributed by atoms with Gasteiger partial charge in [0.05, 0.1) is 22.5 Å². The van der Waals surface area contributed by atoms with Gasteiger partial charge in [-0.1, -0.05) is 17.4 Å². The lowest BCUT2D eigenvalue weighted by Gasteiger charge is -2.24. The molecule has 1 atom stereocenters. The molecule has 0 saturated carbocycles. The van der Waals surface area contributed by atoms with Gasteiger partial charge in [0.25, 0.3) is 0 Å². The maximum atomic E-state index is 12.7. The molecule has 32 heavy (non-hydrogen) atoms. The summed E-state index contributed by atoms with van der Waals surface area (Å²) in [6.07, 6.45) is 0.344. The van der Waals surface area contributed by atoms with Crippen LogP contribution in [0, 0.1) is 6.92 Å². The first-order valence-electron chi connectivity index (χ1n) is 10.4. The van der Waals surface area contributed by atoms with Crippen LogP contribution < -0.4 is 19.5 Å². The number of rotatable bonds is 4. The molecule has 2 aliphatic rings. The Bertz CT molecular complexity index is 1380. The maximum Gasteiger partial charge on any atom is 0.231 e. The number of aryl methyl sites for hydroxylation is 1. The Balaban J connectivity index is 1.45. The normalized spacial score (nSPS) is 16.8. The summed E-state index contributed by atoms with van der Waals surface area (Å²) in [5, 5.41) is 8.48. The molecular weight excluding hydrogens is 428 g/mol. The number of carbonyl (C=O) groups is 1. The molecule has 4 aromatic rings. The Morgan fingerprint density at radius 1 is 1.22 bits per heavy atom. The highest BCUT2D eigenvalue weighted by Gasteiger charge is 2.34. The van der Waals surface area contributed by atoms with E-state index in [1.54, 1.807) is 4.68 Å². The van der Waals surface area contributed by atoms with E-state index in [2.05, 4.69) is 5.32 Å². The summed E-state index contributed by atoms with van der Waals surface area (Å²) in [6, 6.07) is 11.7. The fourth-order valence-electron chi connectivity index (χ4n) is 4.34. The summed E-state index contributed by atoms with van der Waals surface area (Å²) in [6.45, 7) is 4.75. The molecule has 4 heterocycles. The zero-order chi connectivity index (χ0) is 21.8. The molecule has 1 N–H and O–H groups in total. The number of hydrogen-bond donors (Lipinski definition) is 1. The zero-order valence-corrected chi connectivity index (χ0v) is 18.4. The van der Waals surface area contributed by atoms with Crippen LogP contribution in [0.25, 0.3) is 15.3 Å². The number of benzene rings is 2. The summed E-state index contributed by atoms with van der Waals surface area (Å²) < 4.78 is 19.3. The molecule has 0 radical (unpaired) electrons. The first kappa shape index (κ1) is 19.1. The zero-order valence-electron chi connectivity index (χ0n) is 17.5. The lowest BCUT2D eigenvalue weighted by molar-refractivity contribution is -0.116. The Labute approximate surface area is 187 Å². The monoisotopic (exact) mass is 448 g/mol. The second-order valence-electron chi connectivity index (χ2n) is 7.74. The van der Waals surface area contributed by atoms with Crippen molar-refractivity contribution in [1.29, 1.82) is 0 Å². The number of ether oxygens (including phenoxy) is 3. The van der Waals surface area contributed by atoms with Gasteiger partial charge in [0.15, 0.2) is 11.5 Å². The van der Waals surface area contributed by atoms with Crippen LogP contribution in [0.4, 0.5) is 5.82 Å². The molecule has 0 saturated heterocycles. The van der Waals surface area contributed by atoms with Crippen molar-refractivity contribution in [2.75, 3.05) is 18.7 Å². The molecule has 0 fully saturated rings. The van der Waals surface area contributed by atoms with Crippen molar-refractivity contribution < 1.29 is 19.0 Å². The van der Waals surface area contributed by atoms with E-state index in [0.29, 0.717) is 29.7 Å². The first-order chi connectivity index (χ1) is 15.6. The fourth-order valence-corrected chi connectivity index (χ4v) is 5.29. The van der Waals surface area contributed by atoms with Crippen LogP contribution in [0.3, 0.4) is 0 Å². The molecule has 2 aromatic heterocycles. The minimum atomic E-state index is -0.124. The van der Waals surface area contributed by atoms with Crippen molar-refractivity contribution >= 4 is 33.3 Å². The van der Waals surface area contributed by atoms with Gasteiger partial charge in [-0.15, -0.1) is 0 Å². The number of nitrogens with zero attached hydrogens (tertiary/aromatic N) is 3. The van der Waals surface area contributed by atoms with Gasteiger partial charge in [0.1, 0.15) is 11.6 Å². The first-order valence-corrected chi connectivity index (χ1v) is 11.2. The fraction of sp³-hybridized carbons (Fsp3) is 0.261. The van der Waals surface area contributed by atoms with E-state index in [9.17, 15) is 4.79 Å². The van der Waals surface area contributed by atoms with Crippen molar-refractivity contribution in [3.05, 3.63) is 53.2 Å².